The molecule has 1 amide bonds. The van der Waals surface area contributed by atoms with Crippen molar-refractivity contribution in [3.63, 3.8) is 0 Å². The second kappa shape index (κ2) is 10.9. The monoisotopic (exact) mass is 431 g/mol. The molecule has 0 aromatic heterocycles. The van der Waals surface area contributed by atoms with Crippen LogP contribution >= 0.6 is 0 Å². The average molecular weight is 432 g/mol. The van der Waals surface area contributed by atoms with Crippen LogP contribution in [0.1, 0.15) is 37.0 Å². The summed E-state index contributed by atoms with van der Waals surface area (Å²) in [6.07, 6.45) is 11.6. The van der Waals surface area contributed by atoms with Crippen LogP contribution in [0.2, 0.25) is 14.7 Å². The van der Waals surface area contributed by atoms with Crippen molar-refractivity contribution in [1.29, 1.82) is 0 Å². The Morgan fingerprint density at radius 3 is 2.14 bits per heavy atom. The molecule has 3 rings (SSSR count). The number of carbonyl (C=O) groups is 1. The predicted molar refractivity (Wildman–Crippen MR) is 125 cm³/mol. The first-order valence-corrected chi connectivity index (χ1v) is 14.6. The smallest absolute Gasteiger partial charge is 0.0149 e. The van der Waals surface area contributed by atoms with E-state index in [1.54, 1.807) is 0 Å². The maximum Gasteiger partial charge on any atom is -0.0149 e. The minimum absolute atomic E-state index is 0. The Balaban J connectivity index is 0.000000492. The summed E-state index contributed by atoms with van der Waals surface area (Å²) in [4.78, 5) is 12.5. The number of allylic oxidation sites excluding steroid dienone is 6. The molecule has 0 bridgehead atoms. The number of fused-ring (bicyclic) bond motifs is 1. The summed E-state index contributed by atoms with van der Waals surface area (Å²) in [5.74, 6) is 1.44. The molecule has 152 valence electrons. The normalized spacial score (nSPS) is 22.2. The topological polar surface area (TPSA) is 29.1 Å². The van der Waals surface area contributed by atoms with E-state index in [-0.39, 0.29) is 16.9 Å². The number of benzene rings is 1. The Kier molecular flexibility index (Phi) is 9.62. The van der Waals surface area contributed by atoms with Crippen molar-refractivity contribution in [2.45, 2.75) is 41.4 Å². The third-order valence-corrected chi connectivity index (χ3v) is 11.0. The van der Waals surface area contributed by atoms with E-state index in [0.717, 1.165) is 16.7 Å². The Bertz CT molecular complexity index is 739. The van der Waals surface area contributed by atoms with E-state index in [1.807, 2.05) is 44.2 Å². The van der Waals surface area contributed by atoms with Crippen molar-refractivity contribution in [2.75, 3.05) is 0 Å². The molecule has 2 nitrogen and oxygen atoms in total. The first kappa shape index (κ1) is 24.6. The summed E-state index contributed by atoms with van der Waals surface area (Å²) in [7, 11) is 0. The van der Waals surface area contributed by atoms with Crippen LogP contribution in [-0.2, 0) is 16.8 Å². The number of hydrogen-bond acceptors (Lipinski definition) is 1. The van der Waals surface area contributed by atoms with Crippen molar-refractivity contribution < 1.29 is 21.6 Å². The molecular formula is C24H37NOSiTi. The first-order chi connectivity index (χ1) is 12.7. The fourth-order valence-electron chi connectivity index (χ4n) is 3.84. The molecule has 2 aliphatic rings. The molecule has 28 heavy (non-hydrogen) atoms. The van der Waals surface area contributed by atoms with Crippen molar-refractivity contribution in [3.05, 3.63) is 84.5 Å². The van der Waals surface area contributed by atoms with Crippen molar-refractivity contribution in [3.8, 4) is 0 Å². The zero-order valence-electron chi connectivity index (χ0n) is 17.2. The number of amides is 1. The van der Waals surface area contributed by atoms with Gasteiger partial charge in [0, 0.05) is 0 Å². The van der Waals surface area contributed by atoms with E-state index in [4.69, 9.17) is 0 Å². The van der Waals surface area contributed by atoms with Gasteiger partial charge in [-0.2, -0.15) is 0 Å². The largest absolute Gasteiger partial charge is 0.0149 e. The summed E-state index contributed by atoms with van der Waals surface area (Å²) in [6.45, 7) is 11.2. The van der Waals surface area contributed by atoms with Crippen LogP contribution in [0.4, 0.5) is 0 Å². The molecule has 3 atom stereocenters. The molecule has 3 unspecified atom stereocenters. The van der Waals surface area contributed by atoms with Gasteiger partial charge in [-0.15, -0.1) is 0 Å². The molecule has 1 fully saturated rings. The molecule has 0 aliphatic heterocycles. The van der Waals surface area contributed by atoms with E-state index in [2.05, 4.69) is 51.7 Å². The summed E-state index contributed by atoms with van der Waals surface area (Å²) < 4.78 is 4.12. The van der Waals surface area contributed by atoms with Crippen molar-refractivity contribution in [2.24, 2.45) is 11.8 Å². The van der Waals surface area contributed by atoms with Crippen LogP contribution in [-0.4, -0.2) is 16.9 Å². The molecule has 1 saturated carbocycles. The van der Waals surface area contributed by atoms with Gasteiger partial charge in [0.25, 0.3) is 0 Å². The summed E-state index contributed by atoms with van der Waals surface area (Å²) >= 11 is -2.37. The molecule has 1 aromatic carbocycles. The van der Waals surface area contributed by atoms with E-state index >= 15 is 0 Å². The zero-order valence-corrected chi connectivity index (χ0v) is 18.7. The molecule has 1 aromatic rings. The fraction of sp³-hybridized carbons (Fsp3) is 0.375. The molecule has 0 saturated heterocycles. The van der Waals surface area contributed by atoms with E-state index in [0.29, 0.717) is 16.1 Å². The Morgan fingerprint density at radius 2 is 1.57 bits per heavy atom. The third kappa shape index (κ3) is 6.58. The number of rotatable bonds is 4. The Morgan fingerprint density at radius 1 is 1.00 bits per heavy atom. The maximum atomic E-state index is 12.5. The molecule has 0 radical (unpaired) electrons. The van der Waals surface area contributed by atoms with Crippen LogP contribution in [0.5, 0.6) is 0 Å². The molecule has 1 N–H and O–H groups in total. The standard InChI is InChI=1S/C9H11.C7H7NO.C6H10.2CH3.H4Si.Ti/c1-2-5-9-7-3-6-8(9)4-1;8-7(9)6-4-2-1-3-5-6;1-5(2)6(3)4;;;;/h1-2,4-6,8-9H,3,7H2;1-5H,(H2,8,9);1,3H2,2,4H3;2*1H3;1H4;/q;;;;;;+1/p-1. The third-order valence-electron chi connectivity index (χ3n) is 5.70. The van der Waals surface area contributed by atoms with Crippen LogP contribution < -0.4 is 3.80 Å². The molecular weight excluding hydrogens is 394 g/mol. The second-order valence-corrected chi connectivity index (χ2v) is 15.2. The number of nitrogens with one attached hydrogen (secondary N) is 1. The zero-order chi connectivity index (χ0) is 20.0. The molecule has 2 aliphatic carbocycles. The SMILES string of the molecule is C=C(C)C(=C)C.[CH3][Ti]([CH3])([NH]C(=O)c1ccccc1)[CH]1CCC2C=CC=CC21.[SiH4]. The van der Waals surface area contributed by atoms with E-state index in [9.17, 15) is 4.79 Å². The van der Waals surface area contributed by atoms with Crippen LogP contribution in [0.15, 0.2) is 78.9 Å². The van der Waals surface area contributed by atoms with Gasteiger partial charge in [0.15, 0.2) is 0 Å². The minimum atomic E-state index is -2.37. The molecule has 0 heterocycles. The van der Waals surface area contributed by atoms with Crippen LogP contribution in [0, 0.1) is 11.8 Å². The quantitative estimate of drug-likeness (QED) is 0.515. The number of hydrogen-bond donors (Lipinski definition) is 1. The Hall–Kier alpha value is -1.42. The van der Waals surface area contributed by atoms with Gasteiger partial charge in [0.2, 0.25) is 0 Å². The van der Waals surface area contributed by atoms with Gasteiger partial charge in [0.05, 0.1) is 0 Å². The van der Waals surface area contributed by atoms with Gasteiger partial charge in [-0.1, -0.05) is 24.3 Å². The fourth-order valence-corrected chi connectivity index (χ4v) is 8.72. The average Bonchev–Trinajstić information content (AvgIpc) is 3.07. The van der Waals surface area contributed by atoms with Crippen molar-refractivity contribution >= 4 is 16.9 Å². The van der Waals surface area contributed by atoms with Gasteiger partial charge in [-0.25, -0.2) is 0 Å². The maximum absolute atomic E-state index is 12.5. The van der Waals surface area contributed by atoms with E-state index < -0.39 is 16.8 Å². The molecule has 4 heteroatoms. The van der Waals surface area contributed by atoms with Gasteiger partial charge in [0.1, 0.15) is 0 Å². The minimum Gasteiger partial charge on any atom is -0.0149 e. The number of carbonyl (C=O) groups excluding carboxylic acids is 1. The van der Waals surface area contributed by atoms with E-state index in [1.165, 1.54) is 12.8 Å². The predicted octanol–water partition coefficient (Wildman–Crippen LogP) is 5.21. The first-order valence-electron chi connectivity index (χ1n) is 9.76. The van der Waals surface area contributed by atoms with Gasteiger partial charge in [-0.05, 0) is 24.8 Å². The van der Waals surface area contributed by atoms with Gasteiger partial charge >= 0.3 is 131 Å². The van der Waals surface area contributed by atoms with Crippen LogP contribution in [0.3, 0.4) is 0 Å². The molecule has 0 spiro atoms. The Labute approximate surface area is 179 Å². The summed E-state index contributed by atoms with van der Waals surface area (Å²) in [5.41, 5.74) is 2.91. The summed E-state index contributed by atoms with van der Waals surface area (Å²) in [5, 5.41) is 4.69. The van der Waals surface area contributed by atoms with Gasteiger partial charge < -0.3 is 0 Å². The van der Waals surface area contributed by atoms with Gasteiger partial charge in [-0.3, -0.25) is 0 Å². The van der Waals surface area contributed by atoms with Crippen molar-refractivity contribution in [1.82, 2.24) is 3.80 Å². The van der Waals surface area contributed by atoms with Crippen LogP contribution in [0.25, 0.3) is 0 Å². The summed E-state index contributed by atoms with van der Waals surface area (Å²) in [6, 6.07) is 9.59. The second-order valence-electron chi connectivity index (χ2n) is 8.30.